The lowest BCUT2D eigenvalue weighted by Gasteiger charge is -2.10. The van der Waals surface area contributed by atoms with Crippen LogP contribution in [0.2, 0.25) is 0 Å². The second-order valence-corrected chi connectivity index (χ2v) is 3.89. The summed E-state index contributed by atoms with van der Waals surface area (Å²) in [5.74, 6) is 0.705. The Balaban J connectivity index is 2.30. The lowest BCUT2D eigenvalue weighted by atomic mass is 10.1. The van der Waals surface area contributed by atoms with Crippen LogP contribution in [0, 0.1) is 5.92 Å². The number of likely N-dealkylation sites (tertiary alicyclic amines) is 1. The van der Waals surface area contributed by atoms with E-state index in [1.54, 1.807) is 0 Å². The second kappa shape index (κ2) is 4.04. The van der Waals surface area contributed by atoms with Crippen LogP contribution >= 0.6 is 0 Å². The van der Waals surface area contributed by atoms with Crippen LogP contribution < -0.4 is 5.73 Å². The first kappa shape index (κ1) is 8.96. The molecule has 0 aliphatic carbocycles. The van der Waals surface area contributed by atoms with Gasteiger partial charge in [-0.3, -0.25) is 4.90 Å². The van der Waals surface area contributed by atoms with Crippen LogP contribution in [0.1, 0.15) is 6.42 Å². The summed E-state index contributed by atoms with van der Waals surface area (Å²) in [5, 5.41) is 0. The summed E-state index contributed by atoms with van der Waals surface area (Å²) in [7, 11) is -2.25. The van der Waals surface area contributed by atoms with Crippen LogP contribution in [-0.2, 0) is 10.7 Å². The molecule has 0 amide bonds. The van der Waals surface area contributed by atoms with Gasteiger partial charge in [-0.25, -0.2) is 8.42 Å². The van der Waals surface area contributed by atoms with Crippen molar-refractivity contribution in [2.24, 2.45) is 11.7 Å². The average Bonchev–Trinajstić information content (AvgIpc) is 2.34. The van der Waals surface area contributed by atoms with E-state index in [9.17, 15) is 8.42 Å². The monoisotopic (exact) mass is 178 g/mol. The highest BCUT2D eigenvalue weighted by Crippen LogP contribution is 2.13. The zero-order valence-corrected chi connectivity index (χ0v) is 7.30. The second-order valence-electron chi connectivity index (χ2n) is 2.94. The minimum absolute atomic E-state index is 0.200. The smallest absolute Gasteiger partial charge is 0.153 e. The third kappa shape index (κ3) is 2.76. The number of rotatable bonds is 3. The highest BCUT2D eigenvalue weighted by atomic mass is 32.2. The zero-order valence-electron chi connectivity index (χ0n) is 6.40. The molecule has 0 aromatic heterocycles. The third-order valence-electron chi connectivity index (χ3n) is 2.02. The highest BCUT2D eigenvalue weighted by molar-refractivity contribution is 7.72. The summed E-state index contributed by atoms with van der Waals surface area (Å²) in [5.41, 5.74) is 5.45. The van der Waals surface area contributed by atoms with Crippen LogP contribution in [0.5, 0.6) is 0 Å². The number of hydrogen-bond donors (Lipinski definition) is 2. The third-order valence-corrected chi connectivity index (χ3v) is 2.65. The number of hydrogen-bond acceptors (Lipinski definition) is 4. The van der Waals surface area contributed by atoms with Gasteiger partial charge >= 0.3 is 0 Å². The molecule has 0 saturated carbocycles. The quantitative estimate of drug-likeness (QED) is 0.535. The first-order valence-corrected chi connectivity index (χ1v) is 5.13. The highest BCUT2D eigenvalue weighted by Gasteiger charge is 2.20. The molecular weight excluding hydrogens is 164 g/mol. The predicted octanol–water partition coefficient (Wildman–Crippen LogP) is -1.16. The Morgan fingerprint density at radius 1 is 1.55 bits per heavy atom. The molecule has 11 heavy (non-hydrogen) atoms. The van der Waals surface area contributed by atoms with Gasteiger partial charge in [0.2, 0.25) is 0 Å². The van der Waals surface area contributed by atoms with Crippen LogP contribution in [0.15, 0.2) is 0 Å². The topological polar surface area (TPSA) is 63.4 Å². The maximum Gasteiger partial charge on any atom is 0.153 e. The molecule has 2 N–H and O–H groups in total. The van der Waals surface area contributed by atoms with Gasteiger partial charge in [0, 0.05) is 6.54 Å². The Morgan fingerprint density at radius 3 is 2.73 bits per heavy atom. The van der Waals surface area contributed by atoms with Crippen molar-refractivity contribution in [2.75, 3.05) is 25.5 Å². The average molecular weight is 178 g/mol. The van der Waals surface area contributed by atoms with E-state index in [-0.39, 0.29) is 5.88 Å². The molecule has 1 aliphatic heterocycles. The van der Waals surface area contributed by atoms with Crippen molar-refractivity contribution in [1.29, 1.82) is 0 Å². The minimum atomic E-state index is -2.25. The van der Waals surface area contributed by atoms with Gasteiger partial charge in [0.05, 0.1) is 5.88 Å². The van der Waals surface area contributed by atoms with E-state index < -0.39 is 10.7 Å². The fourth-order valence-electron chi connectivity index (χ4n) is 1.40. The van der Waals surface area contributed by atoms with Gasteiger partial charge in [0.1, 0.15) is 0 Å². The fraction of sp³-hybridized carbons (Fsp3) is 1.00. The molecule has 5 heteroatoms. The summed E-state index contributed by atoms with van der Waals surface area (Å²) in [6.07, 6.45) is 1.04. The van der Waals surface area contributed by atoms with E-state index >= 15 is 0 Å². The first-order chi connectivity index (χ1) is 5.22. The van der Waals surface area contributed by atoms with Gasteiger partial charge < -0.3 is 5.73 Å². The first-order valence-electron chi connectivity index (χ1n) is 3.76. The van der Waals surface area contributed by atoms with Crippen LogP contribution in [0.4, 0.5) is 0 Å². The van der Waals surface area contributed by atoms with Crippen molar-refractivity contribution in [3.05, 3.63) is 0 Å². The normalized spacial score (nSPS) is 26.5. The molecule has 1 saturated heterocycles. The number of thiol groups is 1. The van der Waals surface area contributed by atoms with E-state index in [1.165, 1.54) is 0 Å². The summed E-state index contributed by atoms with van der Waals surface area (Å²) in [6, 6.07) is 0. The van der Waals surface area contributed by atoms with Crippen molar-refractivity contribution >= 4 is 10.7 Å². The van der Waals surface area contributed by atoms with Gasteiger partial charge in [0.15, 0.2) is 10.7 Å². The molecule has 1 aliphatic rings. The van der Waals surface area contributed by atoms with Crippen molar-refractivity contribution < 1.29 is 8.42 Å². The van der Waals surface area contributed by atoms with E-state index in [0.717, 1.165) is 19.5 Å². The molecule has 1 atom stereocenters. The van der Waals surface area contributed by atoms with Crippen molar-refractivity contribution in [2.45, 2.75) is 6.42 Å². The Labute approximate surface area is 68.3 Å². The van der Waals surface area contributed by atoms with E-state index in [4.69, 9.17) is 5.73 Å². The van der Waals surface area contributed by atoms with E-state index in [1.807, 2.05) is 4.90 Å². The Morgan fingerprint density at radius 2 is 2.27 bits per heavy atom. The standard InChI is InChI=1S/C6H14N2O2S/c7-3-6-1-2-8(4-6)5-11(9)10/h6,11H,1-5,7H2. The Hall–Kier alpha value is -0.130. The maximum absolute atomic E-state index is 10.3. The molecular formula is C6H14N2O2S. The molecule has 1 rings (SSSR count). The molecule has 0 aromatic rings. The van der Waals surface area contributed by atoms with Gasteiger partial charge in [-0.2, -0.15) is 0 Å². The molecule has 1 unspecified atom stereocenters. The van der Waals surface area contributed by atoms with Gasteiger partial charge in [0.25, 0.3) is 0 Å². The summed E-state index contributed by atoms with van der Waals surface area (Å²) >= 11 is 0. The maximum atomic E-state index is 10.3. The van der Waals surface area contributed by atoms with E-state index in [2.05, 4.69) is 0 Å². The molecule has 1 heterocycles. The van der Waals surface area contributed by atoms with Crippen LogP contribution in [0.3, 0.4) is 0 Å². The van der Waals surface area contributed by atoms with Crippen molar-refractivity contribution in [1.82, 2.24) is 4.90 Å². The lowest BCUT2D eigenvalue weighted by molar-refractivity contribution is 0.374. The van der Waals surface area contributed by atoms with Crippen LogP contribution in [-0.4, -0.2) is 38.8 Å². The van der Waals surface area contributed by atoms with Gasteiger partial charge in [-0.1, -0.05) is 0 Å². The van der Waals surface area contributed by atoms with Crippen molar-refractivity contribution in [3.63, 3.8) is 0 Å². The van der Waals surface area contributed by atoms with Crippen molar-refractivity contribution in [3.8, 4) is 0 Å². The lowest BCUT2D eigenvalue weighted by Crippen LogP contribution is -2.24. The minimum Gasteiger partial charge on any atom is -0.330 e. The summed E-state index contributed by atoms with van der Waals surface area (Å²) < 4.78 is 20.6. The molecule has 0 bridgehead atoms. The van der Waals surface area contributed by atoms with Crippen LogP contribution in [0.25, 0.3) is 0 Å². The molecule has 0 aromatic carbocycles. The SMILES string of the molecule is NCC1CCN(C[SH](=O)=O)C1. The fourth-order valence-corrected chi connectivity index (χ4v) is 1.98. The molecule has 0 radical (unpaired) electrons. The molecule has 0 spiro atoms. The number of nitrogens with two attached hydrogens (primary N) is 1. The summed E-state index contributed by atoms with van der Waals surface area (Å²) in [6.45, 7) is 2.40. The van der Waals surface area contributed by atoms with E-state index in [0.29, 0.717) is 12.5 Å². The molecule has 1 fully saturated rings. The summed E-state index contributed by atoms with van der Waals surface area (Å²) in [4.78, 5) is 1.93. The van der Waals surface area contributed by atoms with Gasteiger partial charge in [-0.15, -0.1) is 0 Å². The number of nitrogens with zero attached hydrogens (tertiary/aromatic N) is 1. The molecule has 66 valence electrons. The predicted molar refractivity (Wildman–Crippen MR) is 43.9 cm³/mol. The zero-order chi connectivity index (χ0) is 8.27. The molecule has 4 nitrogen and oxygen atoms in total. The Kier molecular flexibility index (Phi) is 3.29. The Bertz CT molecular complexity index is 185. The largest absolute Gasteiger partial charge is 0.330 e. The van der Waals surface area contributed by atoms with Gasteiger partial charge in [-0.05, 0) is 25.4 Å².